The van der Waals surface area contributed by atoms with Gasteiger partial charge in [-0.2, -0.15) is 0 Å². The minimum absolute atomic E-state index is 1.05. The van der Waals surface area contributed by atoms with Crippen LogP contribution in [0.15, 0.2) is 23.3 Å². The van der Waals surface area contributed by atoms with E-state index in [0.29, 0.717) is 0 Å². The summed E-state index contributed by atoms with van der Waals surface area (Å²) in [4.78, 5) is 0. The second kappa shape index (κ2) is 0.513. The van der Waals surface area contributed by atoms with Crippen molar-refractivity contribution < 1.29 is 0 Å². The number of hydrogen-bond donors (Lipinski definition) is 0. The molecule has 0 heteroatoms. The zero-order valence-corrected chi connectivity index (χ0v) is 4.46. The van der Waals surface area contributed by atoms with Gasteiger partial charge in [-0.3, -0.25) is 0 Å². The first-order chi connectivity index (χ1) is 3.97. The van der Waals surface area contributed by atoms with E-state index in [0.717, 1.165) is 23.7 Å². The van der Waals surface area contributed by atoms with Crippen molar-refractivity contribution in [3.05, 3.63) is 23.3 Å². The second-order valence-electron chi connectivity index (χ2n) is 3.47. The number of allylic oxidation sites excluding steroid dienone is 4. The Bertz CT molecular complexity index is 244. The van der Waals surface area contributed by atoms with Crippen molar-refractivity contribution in [3.8, 4) is 0 Å². The highest BCUT2D eigenvalue weighted by atomic mass is 14.8. The van der Waals surface area contributed by atoms with Gasteiger partial charge in [-0.05, 0) is 29.2 Å². The number of rotatable bonds is 0. The van der Waals surface area contributed by atoms with Crippen LogP contribution in [0.2, 0.25) is 0 Å². The lowest BCUT2D eigenvalue weighted by Gasteiger charge is -2.42. The van der Waals surface area contributed by atoms with E-state index in [1.54, 1.807) is 11.1 Å². The van der Waals surface area contributed by atoms with Gasteiger partial charge >= 0.3 is 0 Å². The maximum Gasteiger partial charge on any atom is -0.00241 e. The lowest BCUT2D eigenvalue weighted by Crippen LogP contribution is -2.36. The van der Waals surface area contributed by atoms with Gasteiger partial charge in [0.1, 0.15) is 0 Å². The van der Waals surface area contributed by atoms with Crippen molar-refractivity contribution in [2.75, 3.05) is 0 Å². The molecule has 0 saturated heterocycles. The fraction of sp³-hybridized carbons (Fsp3) is 0.500. The Kier molecular flexibility index (Phi) is 0.183. The molecule has 38 valence electrons. The van der Waals surface area contributed by atoms with Crippen LogP contribution in [0, 0.1) is 23.7 Å². The summed E-state index contributed by atoms with van der Waals surface area (Å²) in [5.74, 6) is 4.29. The molecular formula is C8H6. The van der Waals surface area contributed by atoms with Crippen LogP contribution in [-0.4, -0.2) is 0 Å². The minimum Gasteiger partial charge on any atom is -0.0766 e. The third-order valence-electron chi connectivity index (χ3n) is 3.37. The smallest absolute Gasteiger partial charge is 0.00241 e. The monoisotopic (exact) mass is 102 g/mol. The summed E-state index contributed by atoms with van der Waals surface area (Å²) < 4.78 is 0. The molecule has 0 N–H and O–H groups in total. The molecule has 0 aromatic heterocycles. The molecule has 0 nitrogen and oxygen atoms in total. The van der Waals surface area contributed by atoms with Crippen molar-refractivity contribution in [2.24, 2.45) is 23.7 Å². The summed E-state index contributed by atoms with van der Waals surface area (Å²) in [6, 6.07) is 0. The molecule has 0 radical (unpaired) electrons. The van der Waals surface area contributed by atoms with Crippen LogP contribution in [0.25, 0.3) is 0 Å². The number of hydrogen-bond acceptors (Lipinski definition) is 0. The average Bonchev–Trinajstić information content (AvgIpc) is 2.32. The van der Waals surface area contributed by atoms with Crippen LogP contribution in [-0.2, 0) is 0 Å². The highest BCUT2D eigenvalue weighted by molar-refractivity contribution is 5.63. The van der Waals surface area contributed by atoms with Crippen LogP contribution in [0.1, 0.15) is 0 Å². The van der Waals surface area contributed by atoms with Crippen LogP contribution >= 0.6 is 0 Å². The van der Waals surface area contributed by atoms with Crippen molar-refractivity contribution in [1.82, 2.24) is 0 Å². The largest absolute Gasteiger partial charge is 0.0766 e. The Morgan fingerprint density at radius 2 is 2.12 bits per heavy atom. The van der Waals surface area contributed by atoms with Gasteiger partial charge in [0.25, 0.3) is 0 Å². The second-order valence-corrected chi connectivity index (χ2v) is 3.47. The fourth-order valence-corrected chi connectivity index (χ4v) is 2.92. The van der Waals surface area contributed by atoms with Crippen molar-refractivity contribution in [3.63, 3.8) is 0 Å². The van der Waals surface area contributed by atoms with Gasteiger partial charge in [0, 0.05) is 0 Å². The van der Waals surface area contributed by atoms with E-state index in [1.165, 1.54) is 0 Å². The molecule has 0 aromatic carbocycles. The molecule has 0 aliphatic heterocycles. The molecule has 4 atom stereocenters. The summed E-state index contributed by atoms with van der Waals surface area (Å²) in [7, 11) is 0. The molecule has 0 spiro atoms. The van der Waals surface area contributed by atoms with Crippen LogP contribution < -0.4 is 0 Å². The summed E-state index contributed by atoms with van der Waals surface area (Å²) >= 11 is 0. The molecular weight excluding hydrogens is 96.1 g/mol. The van der Waals surface area contributed by atoms with Gasteiger partial charge in [0.15, 0.2) is 0 Å². The molecule has 4 rings (SSSR count). The summed E-state index contributed by atoms with van der Waals surface area (Å²) in [5.41, 5.74) is 3.48. The molecule has 8 heavy (non-hydrogen) atoms. The average molecular weight is 102 g/mol. The number of fused-ring (bicyclic) bond motifs is 2. The van der Waals surface area contributed by atoms with E-state index >= 15 is 0 Å². The quantitative estimate of drug-likeness (QED) is 0.433. The standard InChI is InChI=1S/C8H6/c1-3-2-5-7-4(1)6(3)8(5)7/h1-2,4,6-8H. The fourth-order valence-electron chi connectivity index (χ4n) is 2.92. The van der Waals surface area contributed by atoms with Crippen molar-refractivity contribution in [1.29, 1.82) is 0 Å². The summed E-state index contributed by atoms with van der Waals surface area (Å²) in [5, 5.41) is 0. The van der Waals surface area contributed by atoms with Crippen LogP contribution in [0.5, 0.6) is 0 Å². The van der Waals surface area contributed by atoms with E-state index < -0.39 is 0 Å². The van der Waals surface area contributed by atoms with Gasteiger partial charge in [-0.15, -0.1) is 0 Å². The minimum atomic E-state index is 1.05. The molecule has 2 fully saturated rings. The first-order valence-electron chi connectivity index (χ1n) is 3.40. The van der Waals surface area contributed by atoms with E-state index in [4.69, 9.17) is 0 Å². The van der Waals surface area contributed by atoms with Gasteiger partial charge in [-0.1, -0.05) is 17.7 Å². The molecule has 2 saturated carbocycles. The molecule has 4 aliphatic carbocycles. The Morgan fingerprint density at radius 1 is 1.12 bits per heavy atom. The van der Waals surface area contributed by atoms with E-state index in [9.17, 15) is 0 Å². The van der Waals surface area contributed by atoms with Crippen LogP contribution in [0.3, 0.4) is 0 Å². The summed E-state index contributed by atoms with van der Waals surface area (Å²) in [6.07, 6.45) is 4.89. The van der Waals surface area contributed by atoms with Crippen molar-refractivity contribution >= 4 is 0 Å². The predicted octanol–water partition coefficient (Wildman–Crippen LogP) is 1.36. The van der Waals surface area contributed by atoms with Crippen molar-refractivity contribution in [2.45, 2.75) is 0 Å². The third-order valence-corrected chi connectivity index (χ3v) is 3.37. The zero-order chi connectivity index (χ0) is 4.88. The summed E-state index contributed by atoms with van der Waals surface area (Å²) in [6.45, 7) is 0. The van der Waals surface area contributed by atoms with Crippen LogP contribution in [0.4, 0.5) is 0 Å². The molecule has 4 aliphatic rings. The van der Waals surface area contributed by atoms with E-state index in [1.807, 2.05) is 0 Å². The predicted molar refractivity (Wildman–Crippen MR) is 30.1 cm³/mol. The highest BCUT2D eigenvalue weighted by Gasteiger charge is 2.72. The Morgan fingerprint density at radius 3 is 2.38 bits per heavy atom. The third kappa shape index (κ3) is 0.0981. The lowest BCUT2D eigenvalue weighted by molar-refractivity contribution is 0.208. The highest BCUT2D eigenvalue weighted by Crippen LogP contribution is 2.79. The van der Waals surface area contributed by atoms with Gasteiger partial charge in [0.05, 0.1) is 0 Å². The first-order valence-corrected chi connectivity index (χ1v) is 3.40. The molecule has 0 heterocycles. The van der Waals surface area contributed by atoms with E-state index in [2.05, 4.69) is 12.2 Å². The van der Waals surface area contributed by atoms with Gasteiger partial charge < -0.3 is 0 Å². The molecule has 0 aromatic rings. The lowest BCUT2D eigenvalue weighted by atomic mass is 9.61. The SMILES string of the molecule is C1=C2C=C3C4C1C2C34. The molecule has 0 amide bonds. The topological polar surface area (TPSA) is 0 Å². The Hall–Kier alpha value is -0.520. The molecule has 4 unspecified atom stereocenters. The molecule has 0 bridgehead atoms. The normalized spacial score (nSPS) is 67.0. The maximum atomic E-state index is 2.46. The Labute approximate surface area is 47.9 Å². The first kappa shape index (κ1) is 2.86. The van der Waals surface area contributed by atoms with Gasteiger partial charge in [0.2, 0.25) is 0 Å². The zero-order valence-electron chi connectivity index (χ0n) is 4.46. The van der Waals surface area contributed by atoms with Gasteiger partial charge in [-0.25, -0.2) is 0 Å². The maximum absolute atomic E-state index is 2.46. The Balaban J connectivity index is 2.28. The van der Waals surface area contributed by atoms with E-state index in [-0.39, 0.29) is 0 Å².